The van der Waals surface area contributed by atoms with Crippen LogP contribution in [0.15, 0.2) is 192 Å². The molecule has 4 aliphatic carbocycles. The molecule has 0 bridgehead atoms. The Hall–Kier alpha value is -9.88. The maximum Gasteiger partial charge on any atom is 0.194 e. The number of nitriles is 4. The van der Waals surface area contributed by atoms with Gasteiger partial charge in [0.05, 0.1) is 20.2 Å². The van der Waals surface area contributed by atoms with Crippen LogP contribution in [-0.2, 0) is 36.5 Å². The number of hydrogen-bond donors (Lipinski definition) is 0. The Kier molecular flexibility index (Phi) is 20.2. The van der Waals surface area contributed by atoms with Gasteiger partial charge in [-0.2, -0.15) is 21.0 Å². The van der Waals surface area contributed by atoms with Gasteiger partial charge >= 0.3 is 0 Å². The van der Waals surface area contributed by atoms with E-state index in [2.05, 4.69) is 173 Å². The molecule has 104 heavy (non-hydrogen) atoms. The average Bonchev–Trinajstić information content (AvgIpc) is 1.49. The number of rotatable bonds is 26. The van der Waals surface area contributed by atoms with Crippen LogP contribution in [0, 0.1) is 45.3 Å². The molecular formula is C94H82N4O2S4. The maximum absolute atomic E-state index is 14.6. The zero-order valence-electron chi connectivity index (χ0n) is 59.7. The molecule has 6 nitrogen and oxygen atoms in total. The number of fused-ring (bicyclic) bond motifs is 12. The molecule has 11 aromatic rings. The number of allylic oxidation sites excluding steroid dienone is 6. The van der Waals surface area contributed by atoms with E-state index in [0.717, 1.165) is 79.9 Å². The molecule has 15 rings (SSSR count). The summed E-state index contributed by atoms with van der Waals surface area (Å²) < 4.78 is 4.49. The third-order valence-corrected chi connectivity index (χ3v) is 27.0. The van der Waals surface area contributed by atoms with Crippen molar-refractivity contribution < 1.29 is 9.59 Å². The summed E-state index contributed by atoms with van der Waals surface area (Å²) in [4.78, 5) is 33.5. The first-order chi connectivity index (χ1) is 51.1. The number of unbranched alkanes of at least 4 members (excludes halogenated alkanes) is 12. The fraction of sp³-hybridized carbons (Fsp3) is 0.277. The number of aryl methyl sites for hydroxylation is 4. The molecule has 4 aliphatic rings. The van der Waals surface area contributed by atoms with Crippen LogP contribution in [0.25, 0.3) is 63.0 Å². The first kappa shape index (κ1) is 69.8. The van der Waals surface area contributed by atoms with Crippen LogP contribution in [0.5, 0.6) is 0 Å². The van der Waals surface area contributed by atoms with Crippen molar-refractivity contribution in [3.8, 4) is 45.2 Å². The van der Waals surface area contributed by atoms with Crippen molar-refractivity contribution in [2.45, 2.75) is 167 Å². The number of nitrogens with zero attached hydrogens (tertiary/aromatic N) is 4. The van der Waals surface area contributed by atoms with Crippen molar-refractivity contribution in [3.05, 3.63) is 291 Å². The second kappa shape index (κ2) is 30.1. The van der Waals surface area contributed by atoms with E-state index in [9.17, 15) is 30.6 Å². The maximum atomic E-state index is 14.6. The number of benzene rings is 7. The number of carbonyl (C=O) groups is 2. The third-order valence-electron chi connectivity index (χ3n) is 22.2. The fourth-order valence-electron chi connectivity index (χ4n) is 17.1. The smallest absolute Gasteiger partial charge is 0.194 e. The van der Waals surface area contributed by atoms with E-state index >= 15 is 0 Å². The van der Waals surface area contributed by atoms with Crippen molar-refractivity contribution in [2.75, 3.05) is 0 Å². The van der Waals surface area contributed by atoms with Gasteiger partial charge in [-0.15, -0.1) is 45.3 Å². The molecule has 4 heterocycles. The molecule has 514 valence electrons. The zero-order chi connectivity index (χ0) is 71.6. The highest BCUT2D eigenvalue weighted by molar-refractivity contribution is 7.31. The topological polar surface area (TPSA) is 129 Å². The number of carbonyl (C=O) groups excluding carboxylic acids is 2. The molecule has 0 saturated carbocycles. The van der Waals surface area contributed by atoms with Crippen molar-refractivity contribution in [1.29, 1.82) is 21.0 Å². The van der Waals surface area contributed by atoms with Gasteiger partial charge < -0.3 is 0 Å². The lowest BCUT2D eigenvalue weighted by molar-refractivity contribution is 0.103. The fourth-order valence-corrected chi connectivity index (χ4v) is 22.6. The Balaban J connectivity index is 1.01. The van der Waals surface area contributed by atoms with Crippen molar-refractivity contribution in [2.24, 2.45) is 0 Å². The quantitative estimate of drug-likeness (QED) is 0.0302. The summed E-state index contributed by atoms with van der Waals surface area (Å²) >= 11 is 7.01. The predicted molar refractivity (Wildman–Crippen MR) is 433 cm³/mol. The van der Waals surface area contributed by atoms with Crippen LogP contribution in [0.4, 0.5) is 0 Å². The van der Waals surface area contributed by atoms with Crippen molar-refractivity contribution in [3.63, 3.8) is 0 Å². The van der Waals surface area contributed by atoms with E-state index in [4.69, 9.17) is 0 Å². The SMILES string of the molecule is CCCCCCc1ccc(C2(c3ccc(CCCCCC)cc3)c3cc4c(cc3-c3sc5cc(/C=C6\C(=O)c7ccccc7C6=C(C#N)C#N)sc5c32)C(c2ccc(CCCCCC)cc2)(c2ccc(CCCCCC)cc2)c2c-4sc3cc(/C=C4\C(=O)c5ccccc5C4=C(C#N)C#N)sc23)cc1. The summed E-state index contributed by atoms with van der Waals surface area (Å²) in [6, 6.07) is 71.2. The normalized spacial score (nSPS) is 14.9. The summed E-state index contributed by atoms with van der Waals surface area (Å²) in [6.07, 6.45) is 26.7. The van der Waals surface area contributed by atoms with Crippen LogP contribution in [-0.4, -0.2) is 11.6 Å². The summed E-state index contributed by atoms with van der Waals surface area (Å²) in [7, 11) is 0. The highest BCUT2D eigenvalue weighted by atomic mass is 32.1. The highest BCUT2D eigenvalue weighted by Gasteiger charge is 2.55. The Morgan fingerprint density at radius 3 is 0.942 bits per heavy atom. The molecular weight excluding hydrogens is 1350 g/mol. The van der Waals surface area contributed by atoms with Gasteiger partial charge in [-0.05, 0) is 166 Å². The average molecular weight is 1430 g/mol. The van der Waals surface area contributed by atoms with E-state index in [1.807, 2.05) is 71.2 Å². The molecule has 0 unspecified atom stereocenters. The largest absolute Gasteiger partial charge is 0.289 e. The van der Waals surface area contributed by atoms with Crippen LogP contribution >= 0.6 is 45.3 Å². The highest BCUT2D eigenvalue weighted by Crippen LogP contribution is 2.68. The summed E-state index contributed by atoms with van der Waals surface area (Å²) in [5.41, 5.74) is 19.1. The molecule has 0 aliphatic heterocycles. The standard InChI is InChI=1S/C94H82N4O2S4/c1-5-9-13-17-25-59-33-41-65(42-34-59)93(66-43-35-60(36-44-66)26-18-14-10-6-2)79-53-76-80(54-75(79)89-85(93)91-81(103-89)51-69(101-91)49-77-83(63(55-95)56-96)71-29-21-23-31-73(71)87(77)99)94(67-45-37-61(38-46-67)27-19-15-11-7-3,68-47-39-62(40-48-68)28-20-16-12-8-4)86-90(76)104-82-52-70(102-92(82)86)50-78-84(64(57-97)58-98)72-30-22-24-32-74(72)88(78)100/h21-24,29-54H,5-20,25-28H2,1-4H3/b77-49-,78-50-. The molecule has 0 amide bonds. The molecule has 0 atom stereocenters. The zero-order valence-corrected chi connectivity index (χ0v) is 63.0. The van der Waals surface area contributed by atoms with Gasteiger partial charge in [-0.25, -0.2) is 0 Å². The molecule has 4 aromatic heterocycles. The van der Waals surface area contributed by atoms with Gasteiger partial charge in [-0.3, -0.25) is 9.59 Å². The van der Waals surface area contributed by atoms with Gasteiger partial charge in [0.25, 0.3) is 0 Å². The van der Waals surface area contributed by atoms with Gasteiger partial charge in [0, 0.05) is 73.5 Å². The Morgan fingerprint density at radius 1 is 0.356 bits per heavy atom. The van der Waals surface area contributed by atoms with E-state index < -0.39 is 10.8 Å². The number of hydrogen-bond acceptors (Lipinski definition) is 10. The van der Waals surface area contributed by atoms with E-state index in [0.29, 0.717) is 44.5 Å². The molecule has 10 heteroatoms. The van der Waals surface area contributed by atoms with E-state index in [-0.39, 0.29) is 22.7 Å². The second-order valence-corrected chi connectivity index (χ2v) is 32.9. The molecule has 7 aromatic carbocycles. The molecule has 0 radical (unpaired) electrons. The van der Waals surface area contributed by atoms with Crippen LogP contribution in [0.1, 0.15) is 239 Å². The lowest BCUT2D eigenvalue weighted by atomic mass is 9.65. The lowest BCUT2D eigenvalue weighted by Gasteiger charge is -2.36. The van der Waals surface area contributed by atoms with E-state index in [1.54, 1.807) is 34.8 Å². The van der Waals surface area contributed by atoms with Gasteiger partial charge in [0.2, 0.25) is 0 Å². The summed E-state index contributed by atoms with van der Waals surface area (Å²) in [5, 5.41) is 41.8. The van der Waals surface area contributed by atoms with Crippen LogP contribution in [0.2, 0.25) is 0 Å². The minimum atomic E-state index is -0.839. The molecule has 0 saturated heterocycles. The number of thiophene rings is 4. The summed E-state index contributed by atoms with van der Waals surface area (Å²) in [6.45, 7) is 9.07. The molecule has 0 spiro atoms. The third kappa shape index (κ3) is 12.0. The number of Topliss-reactive ketones (excluding diaryl/α,β-unsaturated/α-hetero) is 2. The Bertz CT molecular complexity index is 5030. The van der Waals surface area contributed by atoms with Crippen LogP contribution in [0.3, 0.4) is 0 Å². The molecule has 0 N–H and O–H groups in total. The Labute approximate surface area is 628 Å². The minimum absolute atomic E-state index is 0.0803. The Morgan fingerprint density at radius 2 is 0.654 bits per heavy atom. The predicted octanol–water partition coefficient (Wildman–Crippen LogP) is 25.6. The second-order valence-electron chi connectivity index (χ2n) is 28.6. The first-order valence-corrected chi connectivity index (χ1v) is 40.8. The lowest BCUT2D eigenvalue weighted by Crippen LogP contribution is -2.30. The minimum Gasteiger partial charge on any atom is -0.289 e. The van der Waals surface area contributed by atoms with Crippen LogP contribution < -0.4 is 0 Å². The van der Waals surface area contributed by atoms with Gasteiger partial charge in [-0.1, -0.05) is 250 Å². The van der Waals surface area contributed by atoms with Gasteiger partial charge in [0.15, 0.2) is 11.6 Å². The van der Waals surface area contributed by atoms with Crippen molar-refractivity contribution >= 4 is 99.0 Å². The first-order valence-electron chi connectivity index (χ1n) is 37.6. The van der Waals surface area contributed by atoms with Crippen molar-refractivity contribution in [1.82, 2.24) is 0 Å². The van der Waals surface area contributed by atoms with Gasteiger partial charge in [0.1, 0.15) is 35.4 Å². The van der Waals surface area contributed by atoms with E-state index in [1.165, 1.54) is 165 Å². The summed E-state index contributed by atoms with van der Waals surface area (Å²) in [5.74, 6) is -0.389. The molecule has 0 fully saturated rings. The monoisotopic (exact) mass is 1430 g/mol. The number of ketones is 2.